The number of methoxy groups -OCH3 is 1. The Bertz CT molecular complexity index is 424. The summed E-state index contributed by atoms with van der Waals surface area (Å²) in [6.07, 6.45) is 1.87. The second-order valence-electron chi connectivity index (χ2n) is 5.46. The lowest BCUT2D eigenvalue weighted by Crippen LogP contribution is -2.32. The molecule has 5 heteroatoms. The molecule has 0 fully saturated rings. The third kappa shape index (κ3) is 4.91. The van der Waals surface area contributed by atoms with Crippen LogP contribution in [0.1, 0.15) is 38.6 Å². The first kappa shape index (κ1) is 17.2. The second kappa shape index (κ2) is 8.42. The van der Waals surface area contributed by atoms with Crippen molar-refractivity contribution >= 4 is 17.4 Å². The molecule has 1 heterocycles. The molecule has 0 aromatic carbocycles. The fourth-order valence-electron chi connectivity index (χ4n) is 2.09. The van der Waals surface area contributed by atoms with Gasteiger partial charge in [-0.1, -0.05) is 32.4 Å². The van der Waals surface area contributed by atoms with Crippen molar-refractivity contribution in [1.29, 1.82) is 0 Å². The number of ether oxygens (including phenoxy) is 1. The second-order valence-corrected chi connectivity index (χ2v) is 5.82. The van der Waals surface area contributed by atoms with Gasteiger partial charge in [0.1, 0.15) is 16.8 Å². The zero-order valence-electron chi connectivity index (χ0n) is 13.2. The van der Waals surface area contributed by atoms with Gasteiger partial charge in [-0.2, -0.15) is 0 Å². The molecular formula is C15H26ClN3O. The van der Waals surface area contributed by atoms with Crippen LogP contribution in [0.3, 0.4) is 0 Å². The molecule has 0 amide bonds. The molecular weight excluding hydrogens is 274 g/mol. The Morgan fingerprint density at radius 1 is 1.30 bits per heavy atom. The van der Waals surface area contributed by atoms with Crippen LogP contribution in [0.25, 0.3) is 0 Å². The van der Waals surface area contributed by atoms with Gasteiger partial charge in [-0.15, -0.1) is 0 Å². The zero-order chi connectivity index (χ0) is 15.1. The summed E-state index contributed by atoms with van der Waals surface area (Å²) in [7, 11) is 1.72. The van der Waals surface area contributed by atoms with Crippen LogP contribution in [0.5, 0.6) is 0 Å². The summed E-state index contributed by atoms with van der Waals surface area (Å²) < 4.78 is 5.21. The topological polar surface area (TPSA) is 38.2 Å². The van der Waals surface area contributed by atoms with E-state index in [0.717, 1.165) is 43.1 Å². The fraction of sp³-hybridized carbons (Fsp3) is 0.733. The number of aromatic nitrogens is 2. The van der Waals surface area contributed by atoms with E-state index in [9.17, 15) is 0 Å². The van der Waals surface area contributed by atoms with Crippen LogP contribution in [0.2, 0.25) is 5.15 Å². The van der Waals surface area contributed by atoms with E-state index in [0.29, 0.717) is 17.7 Å². The molecule has 0 radical (unpaired) electrons. The smallest absolute Gasteiger partial charge is 0.137 e. The fourth-order valence-corrected chi connectivity index (χ4v) is 2.27. The molecule has 1 aromatic heterocycles. The maximum atomic E-state index is 6.26. The first-order chi connectivity index (χ1) is 9.49. The summed E-state index contributed by atoms with van der Waals surface area (Å²) in [5, 5.41) is 0.560. The quantitative estimate of drug-likeness (QED) is 0.689. The Balaban J connectivity index is 3.08. The highest BCUT2D eigenvalue weighted by Gasteiger charge is 2.16. The van der Waals surface area contributed by atoms with Gasteiger partial charge in [0.15, 0.2) is 0 Å². The summed E-state index contributed by atoms with van der Waals surface area (Å²) in [5.74, 6) is 2.32. The SMILES string of the molecule is CCCc1nc(Cl)c(C)c(N(CCOC)CC(C)C)n1. The Morgan fingerprint density at radius 3 is 2.55 bits per heavy atom. The van der Waals surface area contributed by atoms with Crippen molar-refractivity contribution in [3.05, 3.63) is 16.5 Å². The maximum absolute atomic E-state index is 6.26. The minimum atomic E-state index is 0.551. The van der Waals surface area contributed by atoms with Gasteiger partial charge in [-0.05, 0) is 19.3 Å². The normalized spacial score (nSPS) is 11.2. The number of hydrogen-bond donors (Lipinski definition) is 0. The number of rotatable bonds is 8. The summed E-state index contributed by atoms with van der Waals surface area (Å²) >= 11 is 6.26. The molecule has 0 aliphatic rings. The van der Waals surface area contributed by atoms with E-state index in [1.807, 2.05) is 6.92 Å². The molecule has 0 saturated carbocycles. The molecule has 0 atom stereocenters. The minimum Gasteiger partial charge on any atom is -0.383 e. The monoisotopic (exact) mass is 299 g/mol. The van der Waals surface area contributed by atoms with Gasteiger partial charge < -0.3 is 9.64 Å². The number of hydrogen-bond acceptors (Lipinski definition) is 4. The average molecular weight is 300 g/mol. The molecule has 114 valence electrons. The minimum absolute atomic E-state index is 0.551. The molecule has 0 bridgehead atoms. The van der Waals surface area contributed by atoms with Gasteiger partial charge in [0.05, 0.1) is 6.61 Å². The van der Waals surface area contributed by atoms with Gasteiger partial charge in [0.25, 0.3) is 0 Å². The number of aryl methyl sites for hydroxylation is 1. The standard InChI is InChI=1S/C15H26ClN3O/c1-6-7-13-17-14(16)12(4)15(18-13)19(8-9-20-5)10-11(2)3/h11H,6-10H2,1-5H3. The van der Waals surface area contributed by atoms with Gasteiger partial charge in [0, 0.05) is 32.2 Å². The summed E-state index contributed by atoms with van der Waals surface area (Å²) in [6.45, 7) is 10.9. The Labute approximate surface area is 127 Å². The molecule has 0 saturated heterocycles. The van der Waals surface area contributed by atoms with Gasteiger partial charge in [0.2, 0.25) is 0 Å². The van der Waals surface area contributed by atoms with Crippen LogP contribution in [0.4, 0.5) is 5.82 Å². The number of halogens is 1. The summed E-state index contributed by atoms with van der Waals surface area (Å²) in [5.41, 5.74) is 0.947. The first-order valence-electron chi connectivity index (χ1n) is 7.26. The molecule has 4 nitrogen and oxygen atoms in total. The zero-order valence-corrected chi connectivity index (χ0v) is 14.0. The van der Waals surface area contributed by atoms with Crippen LogP contribution in [0, 0.1) is 12.8 Å². The van der Waals surface area contributed by atoms with Crippen LogP contribution in [-0.2, 0) is 11.2 Å². The third-order valence-corrected chi connectivity index (χ3v) is 3.40. The Morgan fingerprint density at radius 2 is 2.00 bits per heavy atom. The largest absolute Gasteiger partial charge is 0.383 e. The van der Waals surface area contributed by atoms with Crippen LogP contribution < -0.4 is 4.90 Å². The van der Waals surface area contributed by atoms with E-state index in [1.165, 1.54) is 0 Å². The van der Waals surface area contributed by atoms with E-state index >= 15 is 0 Å². The third-order valence-electron chi connectivity index (χ3n) is 3.03. The summed E-state index contributed by atoms with van der Waals surface area (Å²) in [4.78, 5) is 11.3. The van der Waals surface area contributed by atoms with Crippen molar-refractivity contribution in [1.82, 2.24) is 9.97 Å². The van der Waals surface area contributed by atoms with Crippen molar-refractivity contribution in [2.75, 3.05) is 31.7 Å². The molecule has 0 aliphatic heterocycles. The Hall–Kier alpha value is -0.870. The molecule has 20 heavy (non-hydrogen) atoms. The van der Waals surface area contributed by atoms with Crippen LogP contribution in [-0.4, -0.2) is 36.8 Å². The van der Waals surface area contributed by atoms with Crippen molar-refractivity contribution in [2.24, 2.45) is 5.92 Å². The predicted molar refractivity (Wildman–Crippen MR) is 84.7 cm³/mol. The van der Waals surface area contributed by atoms with E-state index < -0.39 is 0 Å². The van der Waals surface area contributed by atoms with Gasteiger partial charge in [-0.25, -0.2) is 9.97 Å². The van der Waals surface area contributed by atoms with E-state index in [1.54, 1.807) is 7.11 Å². The van der Waals surface area contributed by atoms with Crippen LogP contribution >= 0.6 is 11.6 Å². The summed E-state index contributed by atoms with van der Waals surface area (Å²) in [6, 6.07) is 0. The number of nitrogens with zero attached hydrogens (tertiary/aromatic N) is 3. The maximum Gasteiger partial charge on any atom is 0.137 e. The van der Waals surface area contributed by atoms with Crippen molar-refractivity contribution < 1.29 is 4.74 Å². The van der Waals surface area contributed by atoms with Crippen molar-refractivity contribution in [3.8, 4) is 0 Å². The number of anilines is 1. The van der Waals surface area contributed by atoms with E-state index in [2.05, 4.69) is 30.7 Å². The highest BCUT2D eigenvalue weighted by atomic mass is 35.5. The molecule has 1 aromatic rings. The lowest BCUT2D eigenvalue weighted by Gasteiger charge is -2.27. The molecule has 1 rings (SSSR count). The molecule has 0 unspecified atom stereocenters. The molecule has 0 spiro atoms. The van der Waals surface area contributed by atoms with Gasteiger partial charge in [-0.3, -0.25) is 0 Å². The highest BCUT2D eigenvalue weighted by Crippen LogP contribution is 2.24. The molecule has 0 aliphatic carbocycles. The van der Waals surface area contributed by atoms with Crippen LogP contribution in [0.15, 0.2) is 0 Å². The molecule has 0 N–H and O–H groups in total. The lowest BCUT2D eigenvalue weighted by molar-refractivity contribution is 0.204. The van der Waals surface area contributed by atoms with Crippen molar-refractivity contribution in [2.45, 2.75) is 40.5 Å². The lowest BCUT2D eigenvalue weighted by atomic mass is 10.2. The van der Waals surface area contributed by atoms with Gasteiger partial charge >= 0.3 is 0 Å². The Kier molecular flexibility index (Phi) is 7.24. The van der Waals surface area contributed by atoms with E-state index in [4.69, 9.17) is 21.3 Å². The van der Waals surface area contributed by atoms with E-state index in [-0.39, 0.29) is 0 Å². The average Bonchev–Trinajstić information content (AvgIpc) is 2.38. The highest BCUT2D eigenvalue weighted by molar-refractivity contribution is 6.30. The predicted octanol–water partition coefficient (Wildman–Crippen LogP) is 3.50. The first-order valence-corrected chi connectivity index (χ1v) is 7.64. The van der Waals surface area contributed by atoms with Crippen molar-refractivity contribution in [3.63, 3.8) is 0 Å².